The third-order valence-electron chi connectivity index (χ3n) is 3.99. The molecule has 0 atom stereocenters. The molecule has 0 fully saturated rings. The summed E-state index contributed by atoms with van der Waals surface area (Å²) < 4.78 is 9.22. The lowest BCUT2D eigenvalue weighted by Crippen LogP contribution is -2.15. The van der Waals surface area contributed by atoms with Crippen molar-refractivity contribution in [2.75, 3.05) is 24.9 Å². The lowest BCUT2D eigenvalue weighted by atomic mass is 10.2. The Hall–Kier alpha value is -3.68. The first-order chi connectivity index (χ1) is 13.9. The van der Waals surface area contributed by atoms with Crippen LogP contribution in [0.3, 0.4) is 0 Å². The molecule has 8 heteroatoms. The Morgan fingerprint density at radius 1 is 0.655 bits per heavy atom. The Morgan fingerprint density at radius 2 is 1.00 bits per heavy atom. The minimum Gasteiger partial charge on any atom is -0.465 e. The highest BCUT2D eigenvalue weighted by atomic mass is 16.5. The molecule has 0 unspecified atom stereocenters. The molecule has 2 N–H and O–H groups in total. The number of amides is 2. The summed E-state index contributed by atoms with van der Waals surface area (Å²) in [5.74, 6) is -1.36. The average Bonchev–Trinajstić information content (AvgIpc) is 2.73. The van der Waals surface area contributed by atoms with Crippen molar-refractivity contribution in [2.45, 2.75) is 19.3 Å². The number of benzene rings is 2. The summed E-state index contributed by atoms with van der Waals surface area (Å²) in [5.41, 5.74) is 1.89. The molecule has 0 saturated carbocycles. The van der Waals surface area contributed by atoms with Crippen LogP contribution in [0.4, 0.5) is 11.4 Å². The van der Waals surface area contributed by atoms with E-state index in [1.54, 1.807) is 48.5 Å². The fraction of sp³-hybridized carbons (Fsp3) is 0.238. The highest BCUT2D eigenvalue weighted by Crippen LogP contribution is 2.13. The van der Waals surface area contributed by atoms with Crippen LogP contribution in [0.5, 0.6) is 0 Å². The van der Waals surface area contributed by atoms with Gasteiger partial charge in [0.1, 0.15) is 0 Å². The van der Waals surface area contributed by atoms with Crippen molar-refractivity contribution in [3.05, 3.63) is 59.7 Å². The van der Waals surface area contributed by atoms with E-state index in [-0.39, 0.29) is 24.7 Å². The Labute approximate surface area is 168 Å². The van der Waals surface area contributed by atoms with E-state index in [0.29, 0.717) is 28.9 Å². The molecule has 8 nitrogen and oxygen atoms in total. The number of esters is 2. The second-order valence-electron chi connectivity index (χ2n) is 6.09. The molecule has 2 rings (SSSR count). The number of rotatable bonds is 8. The summed E-state index contributed by atoms with van der Waals surface area (Å²) in [4.78, 5) is 46.7. The zero-order valence-corrected chi connectivity index (χ0v) is 16.2. The Bertz CT molecular complexity index is 802. The molecular weight excluding hydrogens is 376 g/mol. The van der Waals surface area contributed by atoms with Crippen molar-refractivity contribution in [3.63, 3.8) is 0 Å². The van der Waals surface area contributed by atoms with Gasteiger partial charge in [-0.3, -0.25) is 9.59 Å². The van der Waals surface area contributed by atoms with Crippen LogP contribution >= 0.6 is 0 Å². The number of carbonyl (C=O) groups excluding carboxylic acids is 4. The number of carbonyl (C=O) groups is 4. The highest BCUT2D eigenvalue weighted by molar-refractivity contribution is 5.95. The maximum absolute atomic E-state index is 12.0. The van der Waals surface area contributed by atoms with Gasteiger partial charge in [-0.1, -0.05) is 0 Å². The Kier molecular flexibility index (Phi) is 7.90. The van der Waals surface area contributed by atoms with E-state index < -0.39 is 11.9 Å². The van der Waals surface area contributed by atoms with Crippen LogP contribution in [-0.4, -0.2) is 38.0 Å². The van der Waals surface area contributed by atoms with E-state index in [2.05, 4.69) is 20.1 Å². The largest absolute Gasteiger partial charge is 0.465 e. The third-order valence-corrected chi connectivity index (χ3v) is 3.99. The summed E-state index contributed by atoms with van der Waals surface area (Å²) in [5, 5.41) is 5.41. The molecule has 152 valence electrons. The van der Waals surface area contributed by atoms with Crippen LogP contribution in [0.15, 0.2) is 48.5 Å². The van der Waals surface area contributed by atoms with E-state index in [9.17, 15) is 19.2 Å². The summed E-state index contributed by atoms with van der Waals surface area (Å²) in [6, 6.07) is 12.6. The molecule has 0 aliphatic carbocycles. The van der Waals surface area contributed by atoms with Crippen LogP contribution in [0, 0.1) is 0 Å². The predicted molar refractivity (Wildman–Crippen MR) is 107 cm³/mol. The molecule has 0 bridgehead atoms. The van der Waals surface area contributed by atoms with E-state index in [1.165, 1.54) is 14.2 Å². The minimum absolute atomic E-state index is 0.174. The second kappa shape index (κ2) is 10.6. The second-order valence-corrected chi connectivity index (χ2v) is 6.09. The van der Waals surface area contributed by atoms with Gasteiger partial charge in [0.05, 0.1) is 25.3 Å². The van der Waals surface area contributed by atoms with E-state index in [1.807, 2.05) is 0 Å². The zero-order chi connectivity index (χ0) is 21.2. The summed E-state index contributed by atoms with van der Waals surface area (Å²) >= 11 is 0. The number of hydrogen-bond acceptors (Lipinski definition) is 6. The predicted octanol–water partition coefficient (Wildman–Crippen LogP) is 3.01. The number of methoxy groups -OCH3 is 2. The molecule has 0 spiro atoms. The van der Waals surface area contributed by atoms with Gasteiger partial charge in [0.15, 0.2) is 0 Å². The minimum atomic E-state index is -0.450. The van der Waals surface area contributed by atoms with Gasteiger partial charge in [-0.15, -0.1) is 0 Å². The number of ether oxygens (including phenoxy) is 2. The van der Waals surface area contributed by atoms with Crippen LogP contribution in [0.25, 0.3) is 0 Å². The average molecular weight is 398 g/mol. The fourth-order valence-corrected chi connectivity index (χ4v) is 2.47. The highest BCUT2D eigenvalue weighted by Gasteiger charge is 2.09. The van der Waals surface area contributed by atoms with E-state index in [4.69, 9.17) is 0 Å². The van der Waals surface area contributed by atoms with Gasteiger partial charge in [0.25, 0.3) is 0 Å². The van der Waals surface area contributed by atoms with Crippen LogP contribution < -0.4 is 10.6 Å². The number of hydrogen-bond donors (Lipinski definition) is 2. The van der Waals surface area contributed by atoms with Gasteiger partial charge in [-0.2, -0.15) is 0 Å². The van der Waals surface area contributed by atoms with Crippen molar-refractivity contribution in [3.8, 4) is 0 Å². The van der Waals surface area contributed by atoms with Crippen LogP contribution in [0.1, 0.15) is 40.0 Å². The molecule has 0 heterocycles. The van der Waals surface area contributed by atoms with Gasteiger partial charge in [-0.25, -0.2) is 9.59 Å². The molecular formula is C21H22N2O6. The molecule has 0 saturated heterocycles. The Morgan fingerprint density at radius 3 is 1.31 bits per heavy atom. The maximum atomic E-state index is 12.0. The molecule has 0 aromatic heterocycles. The molecule has 29 heavy (non-hydrogen) atoms. The summed E-state index contributed by atoms with van der Waals surface area (Å²) in [6.07, 6.45) is 0.721. The van der Waals surface area contributed by atoms with Gasteiger partial charge in [-0.05, 0) is 55.0 Å². The van der Waals surface area contributed by atoms with Crippen molar-refractivity contribution < 1.29 is 28.7 Å². The number of nitrogens with one attached hydrogen (secondary N) is 2. The smallest absolute Gasteiger partial charge is 0.337 e. The first-order valence-electron chi connectivity index (χ1n) is 8.89. The van der Waals surface area contributed by atoms with Gasteiger partial charge in [0.2, 0.25) is 11.8 Å². The number of anilines is 2. The normalized spacial score (nSPS) is 10.0. The fourth-order valence-electron chi connectivity index (χ4n) is 2.47. The van der Waals surface area contributed by atoms with E-state index in [0.717, 1.165) is 0 Å². The molecule has 0 radical (unpaired) electrons. The zero-order valence-electron chi connectivity index (χ0n) is 16.2. The van der Waals surface area contributed by atoms with Crippen molar-refractivity contribution in [1.29, 1.82) is 0 Å². The summed E-state index contributed by atoms with van der Waals surface area (Å²) in [7, 11) is 2.59. The maximum Gasteiger partial charge on any atom is 0.337 e. The lowest BCUT2D eigenvalue weighted by Gasteiger charge is -2.07. The molecule has 0 aliphatic rings. The molecule has 2 aromatic rings. The van der Waals surface area contributed by atoms with Gasteiger partial charge < -0.3 is 20.1 Å². The first kappa shape index (κ1) is 21.6. The molecule has 0 aliphatic heterocycles. The topological polar surface area (TPSA) is 111 Å². The summed E-state index contributed by atoms with van der Waals surface area (Å²) in [6.45, 7) is 0. The standard InChI is InChI=1S/C21H22N2O6/c1-28-20(26)14-6-10-16(11-7-14)22-18(24)4-3-5-19(25)23-17-12-8-15(9-13-17)21(27)29-2/h6-13H,3-5H2,1-2H3,(H,22,24)(H,23,25). The SMILES string of the molecule is COC(=O)c1ccc(NC(=O)CCCC(=O)Nc2ccc(C(=O)OC)cc2)cc1. The Balaban J connectivity index is 1.73. The third kappa shape index (κ3) is 6.76. The van der Waals surface area contributed by atoms with Crippen molar-refractivity contribution in [1.82, 2.24) is 0 Å². The monoisotopic (exact) mass is 398 g/mol. The lowest BCUT2D eigenvalue weighted by molar-refractivity contribution is -0.117. The van der Waals surface area contributed by atoms with E-state index >= 15 is 0 Å². The van der Waals surface area contributed by atoms with Gasteiger partial charge in [0, 0.05) is 24.2 Å². The quantitative estimate of drug-likeness (QED) is 0.662. The van der Waals surface area contributed by atoms with Crippen LogP contribution in [0.2, 0.25) is 0 Å². The van der Waals surface area contributed by atoms with Crippen molar-refractivity contribution >= 4 is 35.1 Å². The van der Waals surface area contributed by atoms with Crippen molar-refractivity contribution in [2.24, 2.45) is 0 Å². The first-order valence-corrected chi connectivity index (χ1v) is 8.89. The van der Waals surface area contributed by atoms with Gasteiger partial charge >= 0.3 is 11.9 Å². The molecule has 2 amide bonds. The van der Waals surface area contributed by atoms with Crippen LogP contribution in [-0.2, 0) is 19.1 Å². The molecule has 2 aromatic carbocycles.